The van der Waals surface area contributed by atoms with Gasteiger partial charge < -0.3 is 0 Å². The average molecular weight is 395 g/mol. The highest BCUT2D eigenvalue weighted by Gasteiger charge is 2.44. The fraction of sp³-hybridized carbons (Fsp3) is 0.286. The molecule has 1 aromatic heterocycles. The van der Waals surface area contributed by atoms with Crippen LogP contribution >= 0.6 is 11.3 Å². The Labute approximate surface area is 165 Å². The van der Waals surface area contributed by atoms with E-state index in [1.54, 1.807) is 24.3 Å². The number of hydrogen-bond donors (Lipinski definition) is 0. The summed E-state index contributed by atoms with van der Waals surface area (Å²) in [7, 11) is 0. The van der Waals surface area contributed by atoms with Crippen molar-refractivity contribution < 1.29 is 24.0 Å². The number of carbonyl (C=O) groups excluding carboxylic acids is 5. The zero-order valence-corrected chi connectivity index (χ0v) is 15.8. The van der Waals surface area contributed by atoms with E-state index in [1.807, 2.05) is 11.4 Å². The predicted molar refractivity (Wildman–Crippen MR) is 102 cm³/mol. The molecule has 1 saturated carbocycles. The smallest absolute Gasteiger partial charge is 0.262 e. The largest absolute Gasteiger partial charge is 0.299 e. The Morgan fingerprint density at radius 2 is 1.86 bits per heavy atom. The molecule has 1 aliphatic carbocycles. The number of benzene rings is 1. The first-order valence-corrected chi connectivity index (χ1v) is 9.95. The van der Waals surface area contributed by atoms with Gasteiger partial charge in [-0.25, -0.2) is 0 Å². The highest BCUT2D eigenvalue weighted by atomic mass is 32.1. The summed E-state index contributed by atoms with van der Waals surface area (Å²) in [5.74, 6) is -1.49. The first-order valence-electron chi connectivity index (χ1n) is 9.07. The monoisotopic (exact) mass is 395 g/mol. The van der Waals surface area contributed by atoms with Crippen LogP contribution < -0.4 is 0 Å². The van der Waals surface area contributed by atoms with Gasteiger partial charge in [0.25, 0.3) is 11.8 Å². The van der Waals surface area contributed by atoms with Gasteiger partial charge in [0.15, 0.2) is 11.6 Å². The summed E-state index contributed by atoms with van der Waals surface area (Å²) in [5, 5.41) is 1.85. The number of fused-ring (bicyclic) bond motifs is 1. The molecular formula is C21H17NO5S. The summed E-state index contributed by atoms with van der Waals surface area (Å²) in [6, 6.07) is 7.69. The van der Waals surface area contributed by atoms with E-state index in [0.717, 1.165) is 10.5 Å². The van der Waals surface area contributed by atoms with Gasteiger partial charge in [-0.05, 0) is 42.0 Å². The molecule has 2 aromatic rings. The van der Waals surface area contributed by atoms with Crippen LogP contribution in [-0.2, 0) is 16.0 Å². The summed E-state index contributed by atoms with van der Waals surface area (Å²) in [6.45, 7) is 0. The molecule has 2 amide bonds. The van der Waals surface area contributed by atoms with Gasteiger partial charge in [0.2, 0.25) is 0 Å². The number of amides is 2. The van der Waals surface area contributed by atoms with Crippen LogP contribution in [0.5, 0.6) is 0 Å². The van der Waals surface area contributed by atoms with E-state index in [2.05, 4.69) is 0 Å². The number of nitrogens with zero attached hydrogens (tertiary/aromatic N) is 1. The van der Waals surface area contributed by atoms with Crippen LogP contribution in [0, 0.1) is 0 Å². The Morgan fingerprint density at radius 1 is 1.07 bits per heavy atom. The molecule has 0 bridgehead atoms. The number of imide groups is 1. The summed E-state index contributed by atoms with van der Waals surface area (Å²) in [6.07, 6.45) is 0.927. The lowest BCUT2D eigenvalue weighted by Crippen LogP contribution is -2.47. The number of hydrogen-bond acceptors (Lipinski definition) is 6. The molecule has 142 valence electrons. The van der Waals surface area contributed by atoms with E-state index in [1.165, 1.54) is 11.3 Å². The van der Waals surface area contributed by atoms with Crippen molar-refractivity contribution in [2.45, 2.75) is 38.1 Å². The lowest BCUT2D eigenvalue weighted by atomic mass is 9.92. The van der Waals surface area contributed by atoms with Crippen molar-refractivity contribution in [2.24, 2.45) is 0 Å². The van der Waals surface area contributed by atoms with Gasteiger partial charge in [-0.1, -0.05) is 12.1 Å². The molecule has 1 atom stereocenters. The van der Waals surface area contributed by atoms with Crippen LogP contribution in [0.15, 0.2) is 35.7 Å². The van der Waals surface area contributed by atoms with E-state index in [-0.39, 0.29) is 47.7 Å². The Morgan fingerprint density at radius 3 is 2.57 bits per heavy atom. The zero-order valence-electron chi connectivity index (χ0n) is 15.0. The van der Waals surface area contributed by atoms with Gasteiger partial charge in [0, 0.05) is 12.8 Å². The van der Waals surface area contributed by atoms with Crippen molar-refractivity contribution in [3.05, 3.63) is 57.3 Å². The third-order valence-corrected chi connectivity index (χ3v) is 6.08. The van der Waals surface area contributed by atoms with Gasteiger partial charge in [-0.2, -0.15) is 0 Å². The van der Waals surface area contributed by atoms with E-state index < -0.39 is 17.9 Å². The number of aryl methyl sites for hydroxylation is 1. The number of Topliss-reactive ketones (excluding diaryl/α,β-unsaturated/α-hetero) is 3. The van der Waals surface area contributed by atoms with Crippen LogP contribution in [0.4, 0.5) is 0 Å². The second kappa shape index (κ2) is 7.24. The highest BCUT2D eigenvalue weighted by Crippen LogP contribution is 2.30. The maximum atomic E-state index is 12.8. The molecule has 1 aromatic carbocycles. The van der Waals surface area contributed by atoms with Gasteiger partial charge in [-0.3, -0.25) is 28.9 Å². The zero-order chi connectivity index (χ0) is 19.8. The molecule has 1 aliphatic heterocycles. The van der Waals surface area contributed by atoms with Gasteiger partial charge in [-0.15, -0.1) is 11.3 Å². The van der Waals surface area contributed by atoms with Gasteiger partial charge in [0.1, 0.15) is 5.78 Å². The van der Waals surface area contributed by atoms with Crippen molar-refractivity contribution in [2.75, 3.05) is 0 Å². The molecule has 0 spiro atoms. The second-order valence-electron chi connectivity index (χ2n) is 7.00. The Hall–Kier alpha value is -2.93. The van der Waals surface area contributed by atoms with E-state index in [0.29, 0.717) is 17.7 Å². The fourth-order valence-electron chi connectivity index (χ4n) is 3.70. The first-order chi connectivity index (χ1) is 13.5. The van der Waals surface area contributed by atoms with Crippen molar-refractivity contribution in [3.63, 3.8) is 0 Å². The molecule has 6 nitrogen and oxygen atoms in total. The van der Waals surface area contributed by atoms with E-state index >= 15 is 0 Å². The van der Waals surface area contributed by atoms with Crippen molar-refractivity contribution in [1.29, 1.82) is 0 Å². The highest BCUT2D eigenvalue weighted by molar-refractivity contribution is 7.12. The molecule has 2 aliphatic rings. The van der Waals surface area contributed by atoms with Crippen LogP contribution in [0.25, 0.3) is 0 Å². The molecule has 0 saturated heterocycles. The Kier molecular flexibility index (Phi) is 4.77. The molecule has 7 heteroatoms. The Bertz CT molecular complexity index is 1010. The minimum Gasteiger partial charge on any atom is -0.299 e. The number of thiophene rings is 1. The van der Waals surface area contributed by atoms with E-state index in [9.17, 15) is 24.0 Å². The first kappa shape index (κ1) is 18.4. The normalized spacial score (nSPS) is 19.3. The molecule has 2 heterocycles. The lowest BCUT2D eigenvalue weighted by molar-refractivity contribution is -0.132. The number of carbonyl (C=O) groups is 5. The van der Waals surface area contributed by atoms with Crippen molar-refractivity contribution >= 4 is 40.5 Å². The standard InChI is InChI=1S/C21H17NO5S/c23-13-5-7-16(18(25)11-13)22-20(26)14-6-3-12(10-15(14)21(22)27)4-8-17(24)19-2-1-9-28-19/h1-3,6,9-10,16H,4-5,7-8,11H2. The van der Waals surface area contributed by atoms with E-state index in [4.69, 9.17) is 0 Å². The minimum atomic E-state index is -0.867. The van der Waals surface area contributed by atoms with Crippen LogP contribution in [-0.4, -0.2) is 40.1 Å². The molecule has 4 rings (SSSR count). The topological polar surface area (TPSA) is 88.6 Å². The third-order valence-electron chi connectivity index (χ3n) is 5.17. The van der Waals surface area contributed by atoms with Crippen LogP contribution in [0.2, 0.25) is 0 Å². The third kappa shape index (κ3) is 3.22. The van der Waals surface area contributed by atoms with Crippen molar-refractivity contribution in [3.8, 4) is 0 Å². The molecule has 0 N–H and O–H groups in total. The van der Waals surface area contributed by atoms with Crippen LogP contribution in [0.1, 0.15) is 61.6 Å². The number of rotatable bonds is 5. The minimum absolute atomic E-state index is 0.0389. The molecule has 28 heavy (non-hydrogen) atoms. The van der Waals surface area contributed by atoms with Gasteiger partial charge >= 0.3 is 0 Å². The molecule has 1 unspecified atom stereocenters. The average Bonchev–Trinajstić information content (AvgIpc) is 3.29. The van der Waals surface area contributed by atoms with Crippen molar-refractivity contribution in [1.82, 2.24) is 4.90 Å². The van der Waals surface area contributed by atoms with Gasteiger partial charge in [0.05, 0.1) is 28.5 Å². The molecule has 0 radical (unpaired) electrons. The second-order valence-corrected chi connectivity index (χ2v) is 7.94. The molecular weight excluding hydrogens is 378 g/mol. The predicted octanol–water partition coefficient (Wildman–Crippen LogP) is 2.85. The summed E-state index contributed by atoms with van der Waals surface area (Å²) < 4.78 is 0. The summed E-state index contributed by atoms with van der Waals surface area (Å²) >= 11 is 1.39. The maximum Gasteiger partial charge on any atom is 0.262 e. The lowest BCUT2D eigenvalue weighted by Gasteiger charge is -2.27. The maximum absolute atomic E-state index is 12.8. The molecule has 1 fully saturated rings. The quantitative estimate of drug-likeness (QED) is 0.441. The fourth-order valence-corrected chi connectivity index (χ4v) is 4.39. The number of ketones is 3. The summed E-state index contributed by atoms with van der Waals surface area (Å²) in [5.41, 5.74) is 1.32. The van der Waals surface area contributed by atoms with Crippen LogP contribution in [0.3, 0.4) is 0 Å². The Balaban J connectivity index is 1.51. The SMILES string of the molecule is O=C1CCC(N2C(=O)c3ccc(CCC(=O)c4cccs4)cc3C2=O)C(=O)C1. The summed E-state index contributed by atoms with van der Waals surface area (Å²) in [4.78, 5) is 63.0.